The van der Waals surface area contributed by atoms with Crippen LogP contribution in [0.2, 0.25) is 0 Å². The smallest absolute Gasteiger partial charge is 0.186 e. The van der Waals surface area contributed by atoms with Crippen molar-refractivity contribution in [3.63, 3.8) is 0 Å². The van der Waals surface area contributed by atoms with Crippen LogP contribution in [-0.2, 0) is 6.42 Å². The average molecular weight is 303 g/mol. The summed E-state index contributed by atoms with van der Waals surface area (Å²) in [5.74, 6) is 0. The molecule has 0 amide bonds. The third-order valence-corrected chi connectivity index (χ3v) is 3.17. The number of hydrogen-bond acceptors (Lipinski definition) is 2. The van der Waals surface area contributed by atoms with E-state index < -0.39 is 0 Å². The van der Waals surface area contributed by atoms with E-state index in [1.807, 2.05) is 41.8 Å². The molecular formula is C14H11BrN2O. The van der Waals surface area contributed by atoms with Crippen LogP contribution in [0.3, 0.4) is 0 Å². The monoisotopic (exact) mass is 302 g/mol. The van der Waals surface area contributed by atoms with Crippen molar-refractivity contribution in [3.05, 3.63) is 62.5 Å². The van der Waals surface area contributed by atoms with Gasteiger partial charge in [-0.1, -0.05) is 22.0 Å². The van der Waals surface area contributed by atoms with Crippen LogP contribution in [-0.4, -0.2) is 4.57 Å². The van der Waals surface area contributed by atoms with E-state index in [9.17, 15) is 4.79 Å². The first-order valence-corrected chi connectivity index (χ1v) is 6.26. The first-order valence-electron chi connectivity index (χ1n) is 5.47. The minimum Gasteiger partial charge on any atom is -0.321 e. The summed E-state index contributed by atoms with van der Waals surface area (Å²) in [5.41, 5.74) is 2.24. The largest absolute Gasteiger partial charge is 0.321 e. The van der Waals surface area contributed by atoms with Crippen molar-refractivity contribution >= 4 is 15.9 Å². The summed E-state index contributed by atoms with van der Waals surface area (Å²) in [7, 11) is 0. The second-order valence-electron chi connectivity index (χ2n) is 3.99. The molecule has 0 atom stereocenters. The lowest BCUT2D eigenvalue weighted by molar-refractivity contribution is 0.948. The molecule has 0 unspecified atom stereocenters. The van der Waals surface area contributed by atoms with E-state index in [0.717, 1.165) is 15.9 Å². The Hall–Kier alpha value is -1.86. The second kappa shape index (κ2) is 5.19. The Bertz CT molecular complexity index is 683. The quantitative estimate of drug-likeness (QED) is 0.856. The highest BCUT2D eigenvalue weighted by molar-refractivity contribution is 9.10. The molecule has 0 spiro atoms. The molecule has 1 aromatic carbocycles. The molecule has 0 aliphatic heterocycles. The van der Waals surface area contributed by atoms with E-state index in [1.165, 1.54) is 0 Å². The van der Waals surface area contributed by atoms with Gasteiger partial charge in [-0.3, -0.25) is 4.79 Å². The summed E-state index contributed by atoms with van der Waals surface area (Å²) in [5, 5.41) is 8.71. The van der Waals surface area contributed by atoms with Crippen LogP contribution in [0.25, 0.3) is 5.69 Å². The zero-order chi connectivity index (χ0) is 13.1. The van der Waals surface area contributed by atoms with Crippen molar-refractivity contribution in [2.24, 2.45) is 0 Å². The maximum atomic E-state index is 11.7. The first-order chi connectivity index (χ1) is 8.61. The van der Waals surface area contributed by atoms with Crippen LogP contribution in [0.4, 0.5) is 0 Å². The van der Waals surface area contributed by atoms with Crippen molar-refractivity contribution in [3.8, 4) is 11.8 Å². The molecule has 4 heteroatoms. The number of nitrogens with zero attached hydrogens (tertiary/aromatic N) is 2. The van der Waals surface area contributed by atoms with Crippen molar-refractivity contribution in [1.29, 1.82) is 5.26 Å². The summed E-state index contributed by atoms with van der Waals surface area (Å²) in [6.45, 7) is 1.87. The number of aromatic nitrogens is 1. The predicted molar refractivity (Wildman–Crippen MR) is 73.8 cm³/mol. The molecule has 18 heavy (non-hydrogen) atoms. The third kappa shape index (κ3) is 2.52. The van der Waals surface area contributed by atoms with Gasteiger partial charge in [-0.15, -0.1) is 0 Å². The molecule has 0 aliphatic carbocycles. The molecule has 0 radical (unpaired) electrons. The van der Waals surface area contributed by atoms with Gasteiger partial charge in [-0.2, -0.15) is 5.26 Å². The van der Waals surface area contributed by atoms with Crippen LogP contribution in [0.1, 0.15) is 11.3 Å². The number of halogens is 1. The van der Waals surface area contributed by atoms with Crippen LogP contribution in [0, 0.1) is 18.3 Å². The lowest BCUT2D eigenvalue weighted by Crippen LogP contribution is -2.13. The Morgan fingerprint density at radius 2 is 2.17 bits per heavy atom. The maximum absolute atomic E-state index is 11.7. The van der Waals surface area contributed by atoms with Crippen molar-refractivity contribution in [2.45, 2.75) is 13.3 Å². The van der Waals surface area contributed by atoms with Crippen LogP contribution in [0.5, 0.6) is 0 Å². The summed E-state index contributed by atoms with van der Waals surface area (Å²) < 4.78 is 2.89. The van der Waals surface area contributed by atoms with Gasteiger partial charge in [0, 0.05) is 33.7 Å². The van der Waals surface area contributed by atoms with Gasteiger partial charge in [0.1, 0.15) is 0 Å². The molecular weight excluding hydrogens is 292 g/mol. The molecule has 0 saturated carbocycles. The van der Waals surface area contributed by atoms with Gasteiger partial charge in [-0.25, -0.2) is 0 Å². The van der Waals surface area contributed by atoms with Crippen LogP contribution in [0.15, 0.2) is 45.8 Å². The second-order valence-corrected chi connectivity index (χ2v) is 4.90. The van der Waals surface area contributed by atoms with E-state index in [1.54, 1.807) is 12.3 Å². The SMILES string of the molecule is Cc1cc(=O)c(CC#N)cn1-c1cccc(Br)c1. The van der Waals surface area contributed by atoms with Gasteiger partial charge in [-0.05, 0) is 25.1 Å². The average Bonchev–Trinajstić information content (AvgIpc) is 2.33. The Morgan fingerprint density at radius 3 is 2.83 bits per heavy atom. The lowest BCUT2D eigenvalue weighted by atomic mass is 10.2. The third-order valence-electron chi connectivity index (χ3n) is 2.68. The molecule has 1 aromatic heterocycles. The van der Waals surface area contributed by atoms with Crippen molar-refractivity contribution in [1.82, 2.24) is 4.57 Å². The number of nitriles is 1. The highest BCUT2D eigenvalue weighted by Crippen LogP contribution is 2.17. The molecule has 3 nitrogen and oxygen atoms in total. The molecule has 0 N–H and O–H groups in total. The highest BCUT2D eigenvalue weighted by atomic mass is 79.9. The summed E-state index contributed by atoms with van der Waals surface area (Å²) in [6.07, 6.45) is 1.87. The van der Waals surface area contributed by atoms with E-state index >= 15 is 0 Å². The number of rotatable bonds is 2. The zero-order valence-corrected chi connectivity index (χ0v) is 11.4. The Balaban J connectivity index is 2.61. The number of benzene rings is 1. The highest BCUT2D eigenvalue weighted by Gasteiger charge is 2.05. The first kappa shape index (κ1) is 12.6. The van der Waals surface area contributed by atoms with Gasteiger partial charge in [0.15, 0.2) is 5.43 Å². The van der Waals surface area contributed by atoms with E-state index in [2.05, 4.69) is 15.9 Å². The molecule has 90 valence electrons. The maximum Gasteiger partial charge on any atom is 0.186 e. The van der Waals surface area contributed by atoms with Gasteiger partial charge in [0.2, 0.25) is 0 Å². The molecule has 2 aromatic rings. The molecule has 0 fully saturated rings. The molecule has 0 aliphatic rings. The zero-order valence-electron chi connectivity index (χ0n) is 9.85. The van der Waals surface area contributed by atoms with Gasteiger partial charge >= 0.3 is 0 Å². The molecule has 0 saturated heterocycles. The minimum absolute atomic E-state index is 0.0831. The normalized spacial score (nSPS) is 10.1. The van der Waals surface area contributed by atoms with Crippen molar-refractivity contribution in [2.75, 3.05) is 0 Å². The van der Waals surface area contributed by atoms with Crippen LogP contribution < -0.4 is 5.43 Å². The van der Waals surface area contributed by atoms with Crippen LogP contribution >= 0.6 is 15.9 Å². The molecule has 1 heterocycles. The number of pyridine rings is 1. The van der Waals surface area contributed by atoms with Gasteiger partial charge in [0.05, 0.1) is 12.5 Å². The number of hydrogen-bond donors (Lipinski definition) is 0. The Morgan fingerprint density at radius 1 is 1.39 bits per heavy atom. The molecule has 0 bridgehead atoms. The fourth-order valence-corrected chi connectivity index (χ4v) is 2.18. The van der Waals surface area contributed by atoms with Gasteiger partial charge < -0.3 is 4.57 Å². The fourth-order valence-electron chi connectivity index (χ4n) is 1.80. The lowest BCUT2D eigenvalue weighted by Gasteiger charge is -2.12. The summed E-state index contributed by atoms with van der Waals surface area (Å²) in [4.78, 5) is 11.7. The minimum atomic E-state index is -0.0831. The van der Waals surface area contributed by atoms with E-state index in [0.29, 0.717) is 5.56 Å². The standard InChI is InChI=1S/C14H11BrN2O/c1-10-7-14(18)11(5-6-16)9-17(10)13-4-2-3-12(15)8-13/h2-4,7-9H,5H2,1H3. The number of aryl methyl sites for hydroxylation is 1. The summed E-state index contributed by atoms with van der Waals surface area (Å²) >= 11 is 3.42. The topological polar surface area (TPSA) is 45.8 Å². The van der Waals surface area contributed by atoms with E-state index in [-0.39, 0.29) is 11.8 Å². The van der Waals surface area contributed by atoms with Gasteiger partial charge in [0.25, 0.3) is 0 Å². The predicted octanol–water partition coefficient (Wildman–Crippen LogP) is 2.97. The fraction of sp³-hybridized carbons (Fsp3) is 0.143. The Kier molecular flexibility index (Phi) is 3.63. The Labute approximate surface area is 113 Å². The summed E-state index contributed by atoms with van der Waals surface area (Å²) in [6, 6.07) is 11.4. The molecule has 2 rings (SSSR count). The van der Waals surface area contributed by atoms with E-state index in [4.69, 9.17) is 5.26 Å². The van der Waals surface area contributed by atoms with Crippen molar-refractivity contribution < 1.29 is 0 Å².